The van der Waals surface area contributed by atoms with Gasteiger partial charge in [0.2, 0.25) is 5.91 Å². The third-order valence-corrected chi connectivity index (χ3v) is 3.32. The Bertz CT molecular complexity index is 188. The van der Waals surface area contributed by atoms with E-state index >= 15 is 0 Å². The van der Waals surface area contributed by atoms with Crippen molar-refractivity contribution in [2.45, 2.75) is 52.0 Å². The molecule has 0 spiro atoms. The molecule has 0 bridgehead atoms. The number of hydrogen-bond acceptors (Lipinski definition) is 2. The Morgan fingerprint density at radius 3 is 2.60 bits per heavy atom. The molecule has 2 N–H and O–H groups in total. The number of rotatable bonds is 5. The van der Waals surface area contributed by atoms with Gasteiger partial charge >= 0.3 is 0 Å². The van der Waals surface area contributed by atoms with Crippen LogP contribution in [-0.4, -0.2) is 25.0 Å². The zero-order valence-corrected chi connectivity index (χ0v) is 10.0. The number of nitrogens with one attached hydrogen (secondary N) is 2. The van der Waals surface area contributed by atoms with Crippen molar-refractivity contribution in [3.05, 3.63) is 0 Å². The van der Waals surface area contributed by atoms with Crippen molar-refractivity contribution >= 4 is 5.91 Å². The lowest BCUT2D eigenvalue weighted by Gasteiger charge is -2.28. The van der Waals surface area contributed by atoms with Crippen LogP contribution in [0.5, 0.6) is 0 Å². The zero-order valence-electron chi connectivity index (χ0n) is 10.0. The summed E-state index contributed by atoms with van der Waals surface area (Å²) in [4.78, 5) is 11.3. The van der Waals surface area contributed by atoms with Gasteiger partial charge in [-0.3, -0.25) is 4.79 Å². The maximum absolute atomic E-state index is 11.3. The summed E-state index contributed by atoms with van der Waals surface area (Å²) in [6, 6.07) is 0.480. The van der Waals surface area contributed by atoms with Gasteiger partial charge in [-0.1, -0.05) is 19.3 Å². The molecule has 1 amide bonds. The van der Waals surface area contributed by atoms with Gasteiger partial charge in [0.1, 0.15) is 0 Å². The van der Waals surface area contributed by atoms with Crippen LogP contribution in [0.15, 0.2) is 0 Å². The van der Waals surface area contributed by atoms with Crippen LogP contribution in [-0.2, 0) is 4.79 Å². The molecule has 0 saturated heterocycles. The molecule has 15 heavy (non-hydrogen) atoms. The highest BCUT2D eigenvalue weighted by atomic mass is 16.1. The summed E-state index contributed by atoms with van der Waals surface area (Å²) >= 11 is 0. The van der Waals surface area contributed by atoms with Crippen LogP contribution in [0.25, 0.3) is 0 Å². The molecule has 3 heteroatoms. The predicted molar refractivity (Wildman–Crippen MR) is 62.7 cm³/mol. The minimum atomic E-state index is 0.111. The molecule has 1 atom stereocenters. The lowest BCUT2D eigenvalue weighted by Crippen LogP contribution is -2.41. The second kappa shape index (κ2) is 6.83. The van der Waals surface area contributed by atoms with Crippen LogP contribution >= 0.6 is 0 Å². The van der Waals surface area contributed by atoms with E-state index in [1.165, 1.54) is 32.1 Å². The van der Waals surface area contributed by atoms with Crippen molar-refractivity contribution in [1.29, 1.82) is 0 Å². The minimum Gasteiger partial charge on any atom is -0.355 e. The summed E-state index contributed by atoms with van der Waals surface area (Å²) in [5.41, 5.74) is 0. The van der Waals surface area contributed by atoms with Crippen LogP contribution in [0.4, 0.5) is 0 Å². The van der Waals surface area contributed by atoms with Crippen LogP contribution < -0.4 is 10.6 Å². The monoisotopic (exact) mass is 212 g/mol. The van der Waals surface area contributed by atoms with E-state index in [4.69, 9.17) is 0 Å². The van der Waals surface area contributed by atoms with Crippen LogP contribution in [0.1, 0.15) is 46.0 Å². The van der Waals surface area contributed by atoms with Crippen molar-refractivity contribution in [3.63, 3.8) is 0 Å². The Morgan fingerprint density at radius 2 is 2.00 bits per heavy atom. The van der Waals surface area contributed by atoms with Gasteiger partial charge in [0.25, 0.3) is 0 Å². The molecular weight excluding hydrogens is 188 g/mol. The van der Waals surface area contributed by atoms with Crippen molar-refractivity contribution in [3.8, 4) is 0 Å². The second-order valence-corrected chi connectivity index (χ2v) is 4.52. The normalized spacial score (nSPS) is 19.9. The van der Waals surface area contributed by atoms with E-state index in [1.807, 2.05) is 6.92 Å². The van der Waals surface area contributed by atoms with Crippen LogP contribution in [0.3, 0.4) is 0 Å². The molecule has 1 aliphatic carbocycles. The molecule has 0 unspecified atom stereocenters. The maximum Gasteiger partial charge on any atom is 0.233 e. The van der Waals surface area contributed by atoms with Gasteiger partial charge in [0, 0.05) is 12.6 Å². The first-order valence-corrected chi connectivity index (χ1v) is 6.24. The highest BCUT2D eigenvalue weighted by Crippen LogP contribution is 2.26. The average Bonchev–Trinajstić information content (AvgIpc) is 2.27. The molecule has 0 radical (unpaired) electrons. The molecule has 1 rings (SSSR count). The number of amides is 1. The summed E-state index contributed by atoms with van der Waals surface area (Å²) in [7, 11) is 0. The van der Waals surface area contributed by atoms with E-state index in [2.05, 4.69) is 17.6 Å². The molecular formula is C12H24N2O. The Morgan fingerprint density at radius 1 is 1.33 bits per heavy atom. The quantitative estimate of drug-likeness (QED) is 0.728. The molecule has 3 nitrogen and oxygen atoms in total. The van der Waals surface area contributed by atoms with Gasteiger partial charge in [-0.15, -0.1) is 0 Å². The summed E-state index contributed by atoms with van der Waals surface area (Å²) in [6.45, 7) is 5.33. The first-order chi connectivity index (χ1) is 7.24. The van der Waals surface area contributed by atoms with Crippen molar-refractivity contribution in [2.24, 2.45) is 5.92 Å². The molecule has 1 saturated carbocycles. The topological polar surface area (TPSA) is 41.1 Å². The van der Waals surface area contributed by atoms with Crippen molar-refractivity contribution < 1.29 is 4.79 Å². The van der Waals surface area contributed by atoms with Gasteiger partial charge in [-0.2, -0.15) is 0 Å². The van der Waals surface area contributed by atoms with E-state index in [0.29, 0.717) is 12.6 Å². The SMILES string of the molecule is CCNC(=O)CN[C@H](C)C1CCCCC1. The Labute approximate surface area is 93.0 Å². The zero-order chi connectivity index (χ0) is 11.1. The second-order valence-electron chi connectivity index (χ2n) is 4.52. The van der Waals surface area contributed by atoms with E-state index in [1.54, 1.807) is 0 Å². The van der Waals surface area contributed by atoms with E-state index in [-0.39, 0.29) is 5.91 Å². The minimum absolute atomic E-state index is 0.111. The standard InChI is InChI=1S/C12H24N2O/c1-3-13-12(15)9-14-10(2)11-7-5-4-6-8-11/h10-11,14H,3-9H2,1-2H3,(H,13,15)/t10-/m1/s1. The lowest BCUT2D eigenvalue weighted by atomic mass is 9.84. The van der Waals surface area contributed by atoms with Gasteiger partial charge in [0.05, 0.1) is 6.54 Å². The third kappa shape index (κ3) is 4.65. The third-order valence-electron chi connectivity index (χ3n) is 3.32. The molecule has 0 aromatic rings. The predicted octanol–water partition coefficient (Wildman–Crippen LogP) is 1.68. The molecule has 1 fully saturated rings. The van der Waals surface area contributed by atoms with Gasteiger partial charge in [-0.25, -0.2) is 0 Å². The first-order valence-electron chi connectivity index (χ1n) is 6.24. The number of likely N-dealkylation sites (N-methyl/N-ethyl adjacent to an activating group) is 1. The van der Waals surface area contributed by atoms with Crippen molar-refractivity contribution in [2.75, 3.05) is 13.1 Å². The van der Waals surface area contributed by atoms with E-state index in [0.717, 1.165) is 12.5 Å². The lowest BCUT2D eigenvalue weighted by molar-refractivity contribution is -0.120. The molecule has 88 valence electrons. The van der Waals surface area contributed by atoms with Crippen LogP contribution in [0.2, 0.25) is 0 Å². The van der Waals surface area contributed by atoms with Gasteiger partial charge in [0.15, 0.2) is 0 Å². The molecule has 0 heterocycles. The van der Waals surface area contributed by atoms with Gasteiger partial charge < -0.3 is 10.6 Å². The van der Waals surface area contributed by atoms with Crippen molar-refractivity contribution in [1.82, 2.24) is 10.6 Å². The summed E-state index contributed by atoms with van der Waals surface area (Å²) in [5, 5.41) is 6.13. The van der Waals surface area contributed by atoms with Gasteiger partial charge in [-0.05, 0) is 32.6 Å². The summed E-state index contributed by atoms with van der Waals surface area (Å²) in [6.07, 6.45) is 6.75. The van der Waals surface area contributed by atoms with Crippen LogP contribution in [0, 0.1) is 5.92 Å². The molecule has 0 aromatic carbocycles. The fourth-order valence-electron chi connectivity index (χ4n) is 2.31. The highest BCUT2D eigenvalue weighted by molar-refractivity contribution is 5.77. The smallest absolute Gasteiger partial charge is 0.233 e. The number of carbonyl (C=O) groups is 1. The molecule has 0 aliphatic heterocycles. The maximum atomic E-state index is 11.3. The average molecular weight is 212 g/mol. The fourth-order valence-corrected chi connectivity index (χ4v) is 2.31. The molecule has 1 aliphatic rings. The summed E-state index contributed by atoms with van der Waals surface area (Å²) in [5.74, 6) is 0.883. The number of hydrogen-bond donors (Lipinski definition) is 2. The Hall–Kier alpha value is -0.570. The van der Waals surface area contributed by atoms with E-state index < -0.39 is 0 Å². The summed E-state index contributed by atoms with van der Waals surface area (Å²) < 4.78 is 0. The largest absolute Gasteiger partial charge is 0.355 e. The Balaban J connectivity index is 2.16. The van der Waals surface area contributed by atoms with E-state index in [9.17, 15) is 4.79 Å². The highest BCUT2D eigenvalue weighted by Gasteiger charge is 2.19. The molecule has 0 aromatic heterocycles. The first kappa shape index (κ1) is 12.5. The number of carbonyl (C=O) groups excluding carboxylic acids is 1. The fraction of sp³-hybridized carbons (Fsp3) is 0.917. The Kier molecular flexibility index (Phi) is 5.69.